The maximum absolute atomic E-state index is 10.9. The molecule has 1 atom stereocenters. The first-order chi connectivity index (χ1) is 8.99. The molecule has 6 nitrogen and oxygen atoms in total. The maximum Gasteiger partial charge on any atom is 0.274 e. The number of nitrogens with one attached hydrogen (secondary N) is 1. The van der Waals surface area contributed by atoms with Crippen LogP contribution in [0.4, 0.5) is 11.4 Å². The molecule has 0 spiro atoms. The van der Waals surface area contributed by atoms with E-state index in [2.05, 4.69) is 10.3 Å². The lowest BCUT2D eigenvalue weighted by Crippen LogP contribution is -2.12. The lowest BCUT2D eigenvalue weighted by atomic mass is 10.1. The van der Waals surface area contributed by atoms with Gasteiger partial charge in [-0.05, 0) is 19.9 Å². The average molecular weight is 260 g/mol. The molecule has 0 fully saturated rings. The van der Waals surface area contributed by atoms with Crippen LogP contribution in [-0.2, 0) is 7.05 Å². The molecule has 0 saturated heterocycles. The van der Waals surface area contributed by atoms with Crippen LogP contribution in [0.5, 0.6) is 0 Å². The van der Waals surface area contributed by atoms with Gasteiger partial charge >= 0.3 is 0 Å². The number of imidazole rings is 1. The summed E-state index contributed by atoms with van der Waals surface area (Å²) in [5.74, 6) is 0.878. The third-order valence-electron chi connectivity index (χ3n) is 3.03. The van der Waals surface area contributed by atoms with Crippen molar-refractivity contribution in [2.24, 2.45) is 7.05 Å². The third kappa shape index (κ3) is 2.73. The Morgan fingerprint density at radius 3 is 2.79 bits per heavy atom. The number of anilines is 1. The molecular formula is C13H16N4O2. The van der Waals surface area contributed by atoms with Crippen LogP contribution in [0.25, 0.3) is 0 Å². The van der Waals surface area contributed by atoms with E-state index in [-0.39, 0.29) is 16.7 Å². The highest BCUT2D eigenvalue weighted by Crippen LogP contribution is 2.25. The Morgan fingerprint density at radius 1 is 1.47 bits per heavy atom. The third-order valence-corrected chi connectivity index (χ3v) is 3.03. The first-order valence-corrected chi connectivity index (χ1v) is 5.98. The fourth-order valence-corrected chi connectivity index (χ4v) is 2.00. The molecule has 19 heavy (non-hydrogen) atoms. The van der Waals surface area contributed by atoms with Crippen molar-refractivity contribution >= 4 is 11.4 Å². The van der Waals surface area contributed by atoms with Crippen LogP contribution in [0.1, 0.15) is 24.4 Å². The Labute approximate surface area is 111 Å². The number of nitro groups is 1. The molecule has 1 aromatic heterocycles. The predicted octanol–water partition coefficient (Wildman–Crippen LogP) is 2.81. The Hall–Kier alpha value is -2.37. The second-order valence-electron chi connectivity index (χ2n) is 4.52. The Bertz CT molecular complexity index is 606. The highest BCUT2D eigenvalue weighted by atomic mass is 16.6. The van der Waals surface area contributed by atoms with Crippen molar-refractivity contribution in [3.05, 3.63) is 52.1 Å². The minimum absolute atomic E-state index is 0.0256. The summed E-state index contributed by atoms with van der Waals surface area (Å²) in [6.45, 7) is 3.69. The highest BCUT2D eigenvalue weighted by molar-refractivity contribution is 5.55. The summed E-state index contributed by atoms with van der Waals surface area (Å²) >= 11 is 0. The SMILES string of the molecule is Cc1ccc(NC(C)c2nccn2C)cc1[N+](=O)[O-]. The van der Waals surface area contributed by atoms with Gasteiger partial charge in [0.25, 0.3) is 5.69 Å². The van der Waals surface area contributed by atoms with E-state index < -0.39 is 0 Å². The molecule has 0 bridgehead atoms. The van der Waals surface area contributed by atoms with E-state index >= 15 is 0 Å². The number of benzene rings is 1. The van der Waals surface area contributed by atoms with Crippen LogP contribution < -0.4 is 5.32 Å². The van der Waals surface area contributed by atoms with E-state index in [1.807, 2.05) is 30.8 Å². The van der Waals surface area contributed by atoms with Crippen molar-refractivity contribution in [2.45, 2.75) is 19.9 Å². The predicted molar refractivity (Wildman–Crippen MR) is 73.1 cm³/mol. The van der Waals surface area contributed by atoms with E-state index in [1.54, 1.807) is 25.3 Å². The van der Waals surface area contributed by atoms with E-state index in [4.69, 9.17) is 0 Å². The average Bonchev–Trinajstić information content (AvgIpc) is 2.77. The Balaban J connectivity index is 2.22. The molecule has 0 amide bonds. The van der Waals surface area contributed by atoms with E-state index in [0.29, 0.717) is 11.3 Å². The van der Waals surface area contributed by atoms with Gasteiger partial charge in [0.15, 0.2) is 0 Å². The quantitative estimate of drug-likeness (QED) is 0.677. The molecule has 1 aromatic carbocycles. The molecule has 1 N–H and O–H groups in total. The van der Waals surface area contributed by atoms with Gasteiger partial charge < -0.3 is 9.88 Å². The first-order valence-electron chi connectivity index (χ1n) is 5.98. The molecule has 0 saturated carbocycles. The van der Waals surface area contributed by atoms with Crippen LogP contribution >= 0.6 is 0 Å². The fourth-order valence-electron chi connectivity index (χ4n) is 2.00. The summed E-state index contributed by atoms with van der Waals surface area (Å²) in [7, 11) is 1.91. The molecule has 2 aromatic rings. The summed E-state index contributed by atoms with van der Waals surface area (Å²) in [6, 6.07) is 5.10. The molecule has 6 heteroatoms. The standard InChI is InChI=1S/C13H16N4O2/c1-9-4-5-11(8-12(9)17(18)19)15-10(2)13-14-6-7-16(13)3/h4-8,10,15H,1-3H3. The number of hydrogen-bond acceptors (Lipinski definition) is 4. The fraction of sp³-hybridized carbons (Fsp3) is 0.308. The van der Waals surface area contributed by atoms with Gasteiger partial charge in [-0.15, -0.1) is 0 Å². The lowest BCUT2D eigenvalue weighted by molar-refractivity contribution is -0.385. The molecule has 1 unspecified atom stereocenters. The minimum atomic E-state index is -0.369. The van der Waals surface area contributed by atoms with E-state index in [9.17, 15) is 10.1 Å². The van der Waals surface area contributed by atoms with Gasteiger partial charge in [-0.2, -0.15) is 0 Å². The molecule has 0 radical (unpaired) electrons. The number of rotatable bonds is 4. The second-order valence-corrected chi connectivity index (χ2v) is 4.52. The number of nitrogens with zero attached hydrogens (tertiary/aromatic N) is 3. The number of aryl methyl sites for hydroxylation is 2. The smallest absolute Gasteiger partial charge is 0.274 e. The molecular weight excluding hydrogens is 244 g/mol. The summed E-state index contributed by atoms with van der Waals surface area (Å²) < 4.78 is 1.92. The van der Waals surface area contributed by atoms with E-state index in [0.717, 1.165) is 5.82 Å². The molecule has 2 rings (SSSR count). The van der Waals surface area contributed by atoms with Crippen molar-refractivity contribution in [1.29, 1.82) is 0 Å². The van der Waals surface area contributed by atoms with Crippen molar-refractivity contribution in [1.82, 2.24) is 9.55 Å². The zero-order valence-corrected chi connectivity index (χ0v) is 11.1. The van der Waals surface area contributed by atoms with Gasteiger partial charge in [0.2, 0.25) is 0 Å². The van der Waals surface area contributed by atoms with Crippen molar-refractivity contribution in [2.75, 3.05) is 5.32 Å². The zero-order valence-electron chi connectivity index (χ0n) is 11.1. The van der Waals surface area contributed by atoms with Crippen molar-refractivity contribution in [3.8, 4) is 0 Å². The van der Waals surface area contributed by atoms with Gasteiger partial charge in [-0.3, -0.25) is 10.1 Å². The first kappa shape index (κ1) is 13.1. The van der Waals surface area contributed by atoms with Crippen LogP contribution in [0.2, 0.25) is 0 Å². The van der Waals surface area contributed by atoms with Gasteiger partial charge in [0, 0.05) is 36.8 Å². The summed E-state index contributed by atoms with van der Waals surface area (Å²) in [4.78, 5) is 14.8. The lowest BCUT2D eigenvalue weighted by Gasteiger charge is -2.15. The Kier molecular flexibility index (Phi) is 3.50. The second kappa shape index (κ2) is 5.09. The molecule has 100 valence electrons. The van der Waals surface area contributed by atoms with Gasteiger partial charge in [-0.1, -0.05) is 6.07 Å². The largest absolute Gasteiger partial charge is 0.375 e. The monoisotopic (exact) mass is 260 g/mol. The van der Waals surface area contributed by atoms with Gasteiger partial charge in [0.1, 0.15) is 5.82 Å². The van der Waals surface area contributed by atoms with Gasteiger partial charge in [-0.25, -0.2) is 4.98 Å². The van der Waals surface area contributed by atoms with Crippen LogP contribution in [0.3, 0.4) is 0 Å². The molecule has 0 aliphatic carbocycles. The highest BCUT2D eigenvalue weighted by Gasteiger charge is 2.14. The number of hydrogen-bond donors (Lipinski definition) is 1. The molecule has 0 aliphatic rings. The Morgan fingerprint density at radius 2 is 2.21 bits per heavy atom. The summed E-state index contributed by atoms with van der Waals surface area (Å²) in [6.07, 6.45) is 3.59. The summed E-state index contributed by atoms with van der Waals surface area (Å²) in [5.41, 5.74) is 1.49. The topological polar surface area (TPSA) is 73.0 Å². The number of nitro benzene ring substituents is 1. The van der Waals surface area contributed by atoms with Crippen LogP contribution in [0.15, 0.2) is 30.6 Å². The molecule has 1 heterocycles. The van der Waals surface area contributed by atoms with Gasteiger partial charge in [0.05, 0.1) is 11.0 Å². The van der Waals surface area contributed by atoms with E-state index in [1.165, 1.54) is 0 Å². The van der Waals surface area contributed by atoms with Crippen molar-refractivity contribution < 1.29 is 4.92 Å². The normalized spacial score (nSPS) is 12.2. The van der Waals surface area contributed by atoms with Crippen molar-refractivity contribution in [3.63, 3.8) is 0 Å². The van der Waals surface area contributed by atoms with Crippen LogP contribution in [0, 0.1) is 17.0 Å². The summed E-state index contributed by atoms with van der Waals surface area (Å²) in [5, 5.41) is 14.1. The maximum atomic E-state index is 10.9. The number of aromatic nitrogens is 2. The van der Waals surface area contributed by atoms with Crippen LogP contribution in [-0.4, -0.2) is 14.5 Å². The minimum Gasteiger partial charge on any atom is -0.375 e. The molecule has 0 aliphatic heterocycles. The zero-order chi connectivity index (χ0) is 14.0.